The van der Waals surface area contributed by atoms with Crippen molar-refractivity contribution in [2.45, 2.75) is 33.7 Å². The molecule has 3 aromatic rings. The minimum absolute atomic E-state index is 0.000295. The Morgan fingerprint density at radius 1 is 1.10 bits per heavy atom. The van der Waals surface area contributed by atoms with Crippen LogP contribution in [0.15, 0.2) is 53.6 Å². The summed E-state index contributed by atoms with van der Waals surface area (Å²) >= 11 is 0. The number of rotatable bonds is 8. The molecule has 1 amide bonds. The van der Waals surface area contributed by atoms with Crippen molar-refractivity contribution in [3.63, 3.8) is 0 Å². The Kier molecular flexibility index (Phi) is 6.72. The molecule has 2 heterocycles. The second kappa shape index (κ2) is 9.43. The molecule has 2 aromatic heterocycles. The van der Waals surface area contributed by atoms with Crippen LogP contribution in [0.1, 0.15) is 49.7 Å². The van der Waals surface area contributed by atoms with Gasteiger partial charge in [0.2, 0.25) is 0 Å². The van der Waals surface area contributed by atoms with Crippen molar-refractivity contribution in [1.82, 2.24) is 14.7 Å². The Morgan fingerprint density at radius 3 is 2.53 bits per heavy atom. The summed E-state index contributed by atoms with van der Waals surface area (Å²) in [6.45, 7) is 8.87. The number of amides is 1. The van der Waals surface area contributed by atoms with Gasteiger partial charge in [-0.05, 0) is 49.6 Å². The molecule has 0 fully saturated rings. The van der Waals surface area contributed by atoms with Crippen LogP contribution in [0, 0.1) is 5.92 Å². The average Bonchev–Trinajstić information content (AvgIpc) is 2.74. The van der Waals surface area contributed by atoms with Crippen LogP contribution < -0.4 is 20.3 Å². The van der Waals surface area contributed by atoms with E-state index in [2.05, 4.69) is 10.3 Å². The van der Waals surface area contributed by atoms with Gasteiger partial charge in [-0.1, -0.05) is 26.0 Å². The van der Waals surface area contributed by atoms with Crippen molar-refractivity contribution < 1.29 is 14.3 Å². The van der Waals surface area contributed by atoms with Crippen LogP contribution in [0.25, 0.3) is 5.65 Å². The number of hydrogen-bond acceptors (Lipinski definition) is 5. The lowest BCUT2D eigenvalue weighted by molar-refractivity contribution is 0.0923. The summed E-state index contributed by atoms with van der Waals surface area (Å²) in [6, 6.07) is 10.5. The van der Waals surface area contributed by atoms with E-state index in [9.17, 15) is 9.59 Å². The zero-order valence-corrected chi connectivity index (χ0v) is 17.7. The lowest BCUT2D eigenvalue weighted by Crippen LogP contribution is -2.36. The topological polar surface area (TPSA) is 81.9 Å². The van der Waals surface area contributed by atoms with Gasteiger partial charge in [0, 0.05) is 12.4 Å². The molecule has 0 aliphatic heterocycles. The van der Waals surface area contributed by atoms with Gasteiger partial charge in [-0.25, -0.2) is 4.98 Å². The van der Waals surface area contributed by atoms with Gasteiger partial charge in [0.15, 0.2) is 11.5 Å². The Hall–Kier alpha value is -3.35. The molecular weight excluding hydrogens is 382 g/mol. The Morgan fingerprint density at radius 2 is 1.83 bits per heavy atom. The average molecular weight is 409 g/mol. The largest absolute Gasteiger partial charge is 0.490 e. The van der Waals surface area contributed by atoms with Crippen LogP contribution in [0.3, 0.4) is 0 Å². The maximum Gasteiger partial charge on any atom is 0.270 e. The van der Waals surface area contributed by atoms with E-state index >= 15 is 0 Å². The Labute approximate surface area is 175 Å². The molecule has 0 bridgehead atoms. The fourth-order valence-corrected chi connectivity index (χ4v) is 3.30. The highest BCUT2D eigenvalue weighted by atomic mass is 16.5. The number of fused-ring (bicyclic) bond motifs is 1. The molecule has 1 N–H and O–H groups in total. The summed E-state index contributed by atoms with van der Waals surface area (Å²) in [7, 11) is 0. The minimum atomic E-state index is -0.462. The first-order valence-electron chi connectivity index (χ1n) is 10.1. The zero-order chi connectivity index (χ0) is 21.7. The van der Waals surface area contributed by atoms with Crippen molar-refractivity contribution in [1.29, 1.82) is 0 Å². The van der Waals surface area contributed by atoms with E-state index in [1.165, 1.54) is 10.6 Å². The summed E-state index contributed by atoms with van der Waals surface area (Å²) in [5, 5.41) is 2.99. The molecule has 1 atom stereocenters. The second-order valence-corrected chi connectivity index (χ2v) is 7.17. The maximum atomic E-state index is 13.0. The molecule has 0 saturated carbocycles. The Bertz CT molecular complexity index is 1090. The lowest BCUT2D eigenvalue weighted by Gasteiger charge is -2.24. The van der Waals surface area contributed by atoms with Crippen molar-refractivity contribution in [2.24, 2.45) is 5.92 Å². The third-order valence-electron chi connectivity index (χ3n) is 4.74. The molecule has 0 spiro atoms. The van der Waals surface area contributed by atoms with E-state index in [1.807, 2.05) is 45.9 Å². The molecule has 0 aliphatic carbocycles. The van der Waals surface area contributed by atoms with Crippen LogP contribution in [0.5, 0.6) is 11.5 Å². The van der Waals surface area contributed by atoms with E-state index in [4.69, 9.17) is 9.47 Å². The van der Waals surface area contributed by atoms with E-state index in [0.29, 0.717) is 30.4 Å². The predicted octanol–water partition coefficient (Wildman–Crippen LogP) is 3.62. The summed E-state index contributed by atoms with van der Waals surface area (Å²) < 4.78 is 12.7. The number of aromatic nitrogens is 2. The van der Waals surface area contributed by atoms with Crippen LogP contribution >= 0.6 is 0 Å². The first-order chi connectivity index (χ1) is 14.5. The van der Waals surface area contributed by atoms with Gasteiger partial charge in [0.05, 0.1) is 19.3 Å². The van der Waals surface area contributed by atoms with Gasteiger partial charge >= 0.3 is 0 Å². The SMILES string of the molecule is CCOc1ccc(C(NC(=O)c2cnc3ccccn3c2=O)C(C)C)cc1OCC. The van der Waals surface area contributed by atoms with Gasteiger partial charge in [-0.3, -0.25) is 14.0 Å². The molecule has 3 rings (SSSR count). The third kappa shape index (κ3) is 4.45. The third-order valence-corrected chi connectivity index (χ3v) is 4.74. The quantitative estimate of drug-likeness (QED) is 0.615. The van der Waals surface area contributed by atoms with Gasteiger partial charge < -0.3 is 14.8 Å². The monoisotopic (exact) mass is 409 g/mol. The van der Waals surface area contributed by atoms with E-state index in [1.54, 1.807) is 24.4 Å². The van der Waals surface area contributed by atoms with Crippen molar-refractivity contribution in [3.8, 4) is 11.5 Å². The maximum absolute atomic E-state index is 13.0. The predicted molar refractivity (Wildman–Crippen MR) is 115 cm³/mol. The molecule has 1 aromatic carbocycles. The van der Waals surface area contributed by atoms with Crippen molar-refractivity contribution in [3.05, 3.63) is 70.3 Å². The summed E-state index contributed by atoms with van der Waals surface area (Å²) in [5.41, 5.74) is 0.967. The number of pyridine rings is 1. The molecule has 158 valence electrons. The smallest absolute Gasteiger partial charge is 0.270 e. The summed E-state index contributed by atoms with van der Waals surface area (Å²) in [4.78, 5) is 29.9. The van der Waals surface area contributed by atoms with Crippen molar-refractivity contribution >= 4 is 11.6 Å². The van der Waals surface area contributed by atoms with Gasteiger partial charge in [-0.15, -0.1) is 0 Å². The van der Waals surface area contributed by atoms with E-state index in [-0.39, 0.29) is 17.5 Å². The van der Waals surface area contributed by atoms with Gasteiger partial charge in [-0.2, -0.15) is 0 Å². The van der Waals surface area contributed by atoms with Crippen LogP contribution in [0.4, 0.5) is 0 Å². The first-order valence-corrected chi connectivity index (χ1v) is 10.1. The zero-order valence-electron chi connectivity index (χ0n) is 17.7. The molecule has 0 saturated heterocycles. The first kappa shape index (κ1) is 21.4. The summed E-state index contributed by atoms with van der Waals surface area (Å²) in [6.07, 6.45) is 2.93. The van der Waals surface area contributed by atoms with Crippen molar-refractivity contribution in [2.75, 3.05) is 13.2 Å². The molecule has 30 heavy (non-hydrogen) atoms. The number of nitrogens with zero attached hydrogens (tertiary/aromatic N) is 2. The number of carbonyl (C=O) groups is 1. The molecule has 0 radical (unpaired) electrons. The fraction of sp³-hybridized carbons (Fsp3) is 0.348. The number of hydrogen-bond donors (Lipinski definition) is 1. The van der Waals surface area contributed by atoms with E-state index < -0.39 is 11.5 Å². The van der Waals surface area contributed by atoms with Gasteiger partial charge in [0.25, 0.3) is 11.5 Å². The van der Waals surface area contributed by atoms with E-state index in [0.717, 1.165) is 5.56 Å². The molecule has 0 aliphatic rings. The standard InChI is InChI=1S/C23H27N3O4/c1-5-29-18-11-10-16(13-19(18)30-6-2)21(15(3)4)25-22(27)17-14-24-20-9-7-8-12-26(20)23(17)28/h7-15,21H,5-6H2,1-4H3,(H,25,27). The molecular formula is C23H27N3O4. The highest BCUT2D eigenvalue weighted by Gasteiger charge is 2.23. The minimum Gasteiger partial charge on any atom is -0.490 e. The number of nitrogens with one attached hydrogen (secondary N) is 1. The number of benzene rings is 1. The fourth-order valence-electron chi connectivity index (χ4n) is 3.30. The highest BCUT2D eigenvalue weighted by Crippen LogP contribution is 2.33. The number of carbonyl (C=O) groups excluding carboxylic acids is 1. The number of ether oxygens (including phenoxy) is 2. The van der Waals surface area contributed by atoms with Crippen LogP contribution in [0.2, 0.25) is 0 Å². The van der Waals surface area contributed by atoms with Crippen LogP contribution in [-0.4, -0.2) is 28.5 Å². The highest BCUT2D eigenvalue weighted by molar-refractivity contribution is 5.94. The molecule has 7 heteroatoms. The second-order valence-electron chi connectivity index (χ2n) is 7.17. The Balaban J connectivity index is 1.93. The lowest BCUT2D eigenvalue weighted by atomic mass is 9.95. The summed E-state index contributed by atoms with van der Waals surface area (Å²) in [5.74, 6) is 0.909. The normalized spacial score (nSPS) is 12.0. The van der Waals surface area contributed by atoms with Gasteiger partial charge in [0.1, 0.15) is 11.2 Å². The molecule has 7 nitrogen and oxygen atoms in total. The van der Waals surface area contributed by atoms with Crippen LogP contribution in [-0.2, 0) is 0 Å². The molecule has 1 unspecified atom stereocenters.